The molecule has 20 heavy (non-hydrogen) atoms. The Kier molecular flexibility index (Phi) is 4.13. The maximum atomic E-state index is 13.1. The van der Waals surface area contributed by atoms with Gasteiger partial charge >= 0.3 is 5.97 Å². The summed E-state index contributed by atoms with van der Waals surface area (Å²) in [6, 6.07) is 4.02. The summed E-state index contributed by atoms with van der Waals surface area (Å²) in [4.78, 5) is 11.9. The van der Waals surface area contributed by atoms with E-state index in [1.807, 2.05) is 0 Å². The second-order valence-electron chi connectivity index (χ2n) is 5.26. The van der Waals surface area contributed by atoms with Crippen LogP contribution in [0.5, 0.6) is 0 Å². The third-order valence-corrected chi connectivity index (χ3v) is 5.25. The second kappa shape index (κ2) is 5.52. The fraction of sp³-hybridized carbons (Fsp3) is 0.500. The van der Waals surface area contributed by atoms with Crippen molar-refractivity contribution in [2.24, 2.45) is 0 Å². The lowest BCUT2D eigenvalue weighted by atomic mass is 10.1. The highest BCUT2D eigenvalue weighted by molar-refractivity contribution is 7.91. The van der Waals surface area contributed by atoms with Gasteiger partial charge in [-0.05, 0) is 43.5 Å². The molecule has 0 bridgehead atoms. The molecule has 1 aromatic rings. The molecule has 1 aliphatic rings. The third-order valence-electron chi connectivity index (χ3n) is 3.61. The summed E-state index contributed by atoms with van der Waals surface area (Å²) < 4.78 is 41.3. The van der Waals surface area contributed by atoms with Gasteiger partial charge in [0.2, 0.25) is 0 Å². The Labute approximate surface area is 117 Å². The highest BCUT2D eigenvalue weighted by Gasteiger charge is 2.33. The first-order valence-electron chi connectivity index (χ1n) is 6.43. The summed E-state index contributed by atoms with van der Waals surface area (Å²) >= 11 is 0. The zero-order valence-electron chi connectivity index (χ0n) is 11.4. The van der Waals surface area contributed by atoms with E-state index >= 15 is 0 Å². The zero-order chi connectivity index (χ0) is 14.9. The summed E-state index contributed by atoms with van der Waals surface area (Å²) in [5.74, 6) is -0.910. The molecule has 1 aliphatic carbocycles. The molecule has 0 heterocycles. The summed E-state index contributed by atoms with van der Waals surface area (Å²) in [6.07, 6.45) is 2.21. The van der Waals surface area contributed by atoms with Gasteiger partial charge in [0, 0.05) is 12.7 Å². The summed E-state index contributed by atoms with van der Waals surface area (Å²) in [5, 5.41) is -0.435. The van der Waals surface area contributed by atoms with E-state index in [9.17, 15) is 17.6 Å². The fourth-order valence-corrected chi connectivity index (χ4v) is 3.52. The van der Waals surface area contributed by atoms with Crippen molar-refractivity contribution in [3.63, 3.8) is 0 Å². The van der Waals surface area contributed by atoms with Crippen molar-refractivity contribution in [1.82, 2.24) is 0 Å². The van der Waals surface area contributed by atoms with Crippen molar-refractivity contribution in [3.05, 3.63) is 35.1 Å². The molecule has 1 saturated carbocycles. The average molecular weight is 300 g/mol. The lowest BCUT2D eigenvalue weighted by Gasteiger charge is -2.12. The molecular formula is C14H17FO4S. The number of hydrogen-bond acceptors (Lipinski definition) is 4. The maximum Gasteiger partial charge on any atom is 0.338 e. The van der Waals surface area contributed by atoms with Crippen molar-refractivity contribution in [2.75, 3.05) is 6.26 Å². The number of carbonyl (C=O) groups excluding carboxylic acids is 1. The van der Waals surface area contributed by atoms with Crippen LogP contribution in [-0.2, 0) is 14.6 Å². The minimum Gasteiger partial charge on any atom is -0.459 e. The highest BCUT2D eigenvalue weighted by atomic mass is 32.2. The predicted molar refractivity (Wildman–Crippen MR) is 72.8 cm³/mol. The molecule has 0 aliphatic heterocycles. The van der Waals surface area contributed by atoms with Gasteiger partial charge in [-0.1, -0.05) is 0 Å². The SMILES string of the molecule is Cc1cc(C(=O)OC2CCC(S(C)(=O)=O)C2)ccc1F. The van der Waals surface area contributed by atoms with Crippen LogP contribution in [0.3, 0.4) is 0 Å². The summed E-state index contributed by atoms with van der Waals surface area (Å²) in [5.41, 5.74) is 0.659. The van der Waals surface area contributed by atoms with Gasteiger partial charge in [0.05, 0.1) is 10.8 Å². The van der Waals surface area contributed by atoms with Crippen molar-refractivity contribution in [3.8, 4) is 0 Å². The number of esters is 1. The van der Waals surface area contributed by atoms with Crippen molar-refractivity contribution in [1.29, 1.82) is 0 Å². The molecular weight excluding hydrogens is 283 g/mol. The number of rotatable bonds is 3. The first-order valence-corrected chi connectivity index (χ1v) is 8.39. The summed E-state index contributed by atoms with van der Waals surface area (Å²) in [7, 11) is -3.09. The molecule has 110 valence electrons. The Hall–Kier alpha value is -1.43. The van der Waals surface area contributed by atoms with Crippen LogP contribution in [0.2, 0.25) is 0 Å². The number of sulfone groups is 1. The molecule has 0 amide bonds. The van der Waals surface area contributed by atoms with E-state index in [0.29, 0.717) is 24.8 Å². The van der Waals surface area contributed by atoms with Crippen LogP contribution in [0, 0.1) is 12.7 Å². The number of ether oxygens (including phenoxy) is 1. The van der Waals surface area contributed by atoms with E-state index in [1.165, 1.54) is 24.5 Å². The molecule has 6 heteroatoms. The monoisotopic (exact) mass is 300 g/mol. The average Bonchev–Trinajstić information content (AvgIpc) is 2.81. The number of hydrogen-bond donors (Lipinski definition) is 0. The standard InChI is InChI=1S/C14H17FO4S/c1-9-7-10(3-6-13(9)15)14(16)19-11-4-5-12(8-11)20(2,17)18/h3,6-7,11-12H,4-5,8H2,1-2H3. The fourth-order valence-electron chi connectivity index (χ4n) is 2.39. The van der Waals surface area contributed by atoms with Gasteiger partial charge in [-0.25, -0.2) is 17.6 Å². The lowest BCUT2D eigenvalue weighted by Crippen LogP contribution is -2.20. The topological polar surface area (TPSA) is 60.4 Å². The number of benzene rings is 1. The van der Waals surface area contributed by atoms with E-state index < -0.39 is 21.1 Å². The van der Waals surface area contributed by atoms with Crippen LogP contribution >= 0.6 is 0 Å². The number of halogens is 1. The number of aryl methyl sites for hydroxylation is 1. The molecule has 4 nitrogen and oxygen atoms in total. The van der Waals surface area contributed by atoms with E-state index in [-0.39, 0.29) is 17.5 Å². The molecule has 0 radical (unpaired) electrons. The first kappa shape index (κ1) is 15.0. The van der Waals surface area contributed by atoms with Crippen molar-refractivity contribution >= 4 is 15.8 Å². The Balaban J connectivity index is 2.01. The molecule has 0 spiro atoms. The quantitative estimate of drug-likeness (QED) is 0.803. The molecule has 0 aromatic heterocycles. The van der Waals surface area contributed by atoms with Gasteiger partial charge in [0.1, 0.15) is 21.8 Å². The van der Waals surface area contributed by atoms with Gasteiger partial charge in [0.15, 0.2) is 0 Å². The van der Waals surface area contributed by atoms with Crippen molar-refractivity contribution in [2.45, 2.75) is 37.5 Å². The molecule has 1 aromatic carbocycles. The van der Waals surface area contributed by atoms with E-state index in [4.69, 9.17) is 4.74 Å². The van der Waals surface area contributed by atoms with Crippen LogP contribution in [-0.4, -0.2) is 32.0 Å². The van der Waals surface area contributed by atoms with Gasteiger partial charge in [-0.2, -0.15) is 0 Å². The second-order valence-corrected chi connectivity index (χ2v) is 7.58. The maximum absolute atomic E-state index is 13.1. The molecule has 2 atom stereocenters. The molecule has 0 saturated heterocycles. The lowest BCUT2D eigenvalue weighted by molar-refractivity contribution is 0.0318. The van der Waals surface area contributed by atoms with E-state index in [1.54, 1.807) is 6.92 Å². The van der Waals surface area contributed by atoms with Gasteiger partial charge < -0.3 is 4.74 Å². The highest BCUT2D eigenvalue weighted by Crippen LogP contribution is 2.28. The van der Waals surface area contributed by atoms with Crippen LogP contribution in [0.1, 0.15) is 35.2 Å². The first-order chi connectivity index (χ1) is 9.27. The van der Waals surface area contributed by atoms with Gasteiger partial charge in [-0.3, -0.25) is 0 Å². The third kappa shape index (κ3) is 3.36. The molecule has 1 fully saturated rings. The van der Waals surface area contributed by atoms with Crippen LogP contribution < -0.4 is 0 Å². The normalized spacial score (nSPS) is 22.8. The van der Waals surface area contributed by atoms with Crippen LogP contribution in [0.4, 0.5) is 4.39 Å². The smallest absolute Gasteiger partial charge is 0.338 e. The van der Waals surface area contributed by atoms with Crippen LogP contribution in [0.25, 0.3) is 0 Å². The molecule has 2 unspecified atom stereocenters. The Bertz CT molecular complexity index is 624. The Morgan fingerprint density at radius 1 is 1.35 bits per heavy atom. The molecule has 2 rings (SSSR count). The number of carbonyl (C=O) groups is 1. The minimum absolute atomic E-state index is 0.284. The van der Waals surface area contributed by atoms with Gasteiger partial charge in [-0.15, -0.1) is 0 Å². The Morgan fingerprint density at radius 3 is 2.60 bits per heavy atom. The van der Waals surface area contributed by atoms with Gasteiger partial charge in [0.25, 0.3) is 0 Å². The summed E-state index contributed by atoms with van der Waals surface area (Å²) in [6.45, 7) is 1.57. The van der Waals surface area contributed by atoms with Crippen LogP contribution in [0.15, 0.2) is 18.2 Å². The van der Waals surface area contributed by atoms with E-state index in [0.717, 1.165) is 0 Å². The zero-order valence-corrected chi connectivity index (χ0v) is 12.2. The largest absolute Gasteiger partial charge is 0.459 e. The molecule has 0 N–H and O–H groups in total. The minimum atomic E-state index is -3.09. The van der Waals surface area contributed by atoms with E-state index in [2.05, 4.69) is 0 Å². The predicted octanol–water partition coefficient (Wildman–Crippen LogP) is 2.26. The van der Waals surface area contributed by atoms with Crippen molar-refractivity contribution < 1.29 is 22.3 Å². The Morgan fingerprint density at radius 2 is 2.05 bits per heavy atom.